The lowest BCUT2D eigenvalue weighted by atomic mass is 9.95. The molecule has 4 nitrogen and oxygen atoms in total. The summed E-state index contributed by atoms with van der Waals surface area (Å²) in [6.45, 7) is 9.28. The lowest BCUT2D eigenvalue weighted by Gasteiger charge is -2.32. The number of hydrogen-bond acceptors (Lipinski definition) is 4. The van der Waals surface area contributed by atoms with Crippen LogP contribution >= 0.6 is 0 Å². The van der Waals surface area contributed by atoms with Crippen LogP contribution in [0.3, 0.4) is 0 Å². The maximum absolute atomic E-state index is 5.28. The summed E-state index contributed by atoms with van der Waals surface area (Å²) in [5.41, 5.74) is 0.100. The van der Waals surface area contributed by atoms with Crippen LogP contribution in [0.4, 0.5) is 0 Å². The summed E-state index contributed by atoms with van der Waals surface area (Å²) in [6, 6.07) is 0. The molecule has 0 aromatic carbocycles. The summed E-state index contributed by atoms with van der Waals surface area (Å²) < 4.78 is 5.28. The summed E-state index contributed by atoms with van der Waals surface area (Å²) >= 11 is 0. The Balaban J connectivity index is 2.79. The normalized spacial score (nSPS) is 24.5. The average molecular weight is 215 g/mol. The molecular formula is C9H21N3OSi. The molecule has 1 atom stereocenters. The summed E-state index contributed by atoms with van der Waals surface area (Å²) in [4.78, 5) is 4.64. The van der Waals surface area contributed by atoms with E-state index in [0.29, 0.717) is 6.73 Å². The highest BCUT2D eigenvalue weighted by atomic mass is 28.2. The molecule has 1 aliphatic rings. The van der Waals surface area contributed by atoms with Gasteiger partial charge in [-0.3, -0.25) is 10.0 Å². The van der Waals surface area contributed by atoms with E-state index in [1.165, 1.54) is 0 Å². The van der Waals surface area contributed by atoms with Crippen molar-refractivity contribution in [2.45, 2.75) is 33.9 Å². The van der Waals surface area contributed by atoms with Crippen LogP contribution in [0.5, 0.6) is 0 Å². The van der Waals surface area contributed by atoms with Gasteiger partial charge in [0.1, 0.15) is 29.2 Å². The Bertz CT molecular complexity index is 237. The van der Waals surface area contributed by atoms with Crippen molar-refractivity contribution in [1.29, 1.82) is 0 Å². The lowest BCUT2D eigenvalue weighted by Crippen LogP contribution is -2.45. The van der Waals surface area contributed by atoms with Crippen molar-refractivity contribution in [3.63, 3.8) is 0 Å². The summed E-state index contributed by atoms with van der Waals surface area (Å²) in [7, 11) is 2.82. The number of rotatable bonds is 2. The molecule has 0 aromatic heterocycles. The summed E-state index contributed by atoms with van der Waals surface area (Å²) in [5.74, 6) is 1.13. The fraction of sp³-hybridized carbons (Fsp3) is 0.889. The molecule has 0 radical (unpaired) electrons. The molecule has 14 heavy (non-hydrogen) atoms. The van der Waals surface area contributed by atoms with Crippen LogP contribution in [0.1, 0.15) is 27.7 Å². The van der Waals surface area contributed by atoms with Gasteiger partial charge in [0.15, 0.2) is 0 Å². The van der Waals surface area contributed by atoms with E-state index in [1.807, 2.05) is 7.05 Å². The molecule has 0 aromatic rings. The zero-order valence-corrected chi connectivity index (χ0v) is 12.0. The SMILES string of the molecule is CC1N=C(C(C)(C)C)N(C)N1CO[SiH3]. The molecular weight excluding hydrogens is 194 g/mol. The Morgan fingerprint density at radius 2 is 2.07 bits per heavy atom. The zero-order valence-electron chi connectivity index (χ0n) is 10.0. The lowest BCUT2D eigenvalue weighted by molar-refractivity contribution is -0.0159. The van der Waals surface area contributed by atoms with Crippen LogP contribution < -0.4 is 0 Å². The highest BCUT2D eigenvalue weighted by Crippen LogP contribution is 2.26. The summed E-state index contributed by atoms with van der Waals surface area (Å²) in [5, 5.41) is 4.25. The van der Waals surface area contributed by atoms with E-state index in [2.05, 4.69) is 42.7 Å². The number of aliphatic imine (C=N–C) groups is 1. The van der Waals surface area contributed by atoms with E-state index in [4.69, 9.17) is 4.43 Å². The molecule has 1 aliphatic heterocycles. The molecule has 5 heteroatoms. The third kappa shape index (κ3) is 2.16. The average Bonchev–Trinajstić information content (AvgIpc) is 2.31. The van der Waals surface area contributed by atoms with Crippen LogP contribution in [0.15, 0.2) is 4.99 Å². The van der Waals surface area contributed by atoms with Crippen LogP contribution in [0.25, 0.3) is 0 Å². The van der Waals surface area contributed by atoms with Gasteiger partial charge >= 0.3 is 0 Å². The van der Waals surface area contributed by atoms with Gasteiger partial charge in [0.2, 0.25) is 0 Å². The monoisotopic (exact) mass is 215 g/mol. The molecule has 0 bridgehead atoms. The van der Waals surface area contributed by atoms with Crippen molar-refractivity contribution in [2.75, 3.05) is 13.8 Å². The number of hydrazine groups is 1. The van der Waals surface area contributed by atoms with Gasteiger partial charge in [-0.1, -0.05) is 20.8 Å². The fourth-order valence-electron chi connectivity index (χ4n) is 1.71. The Hall–Kier alpha value is -0.393. The van der Waals surface area contributed by atoms with Crippen LogP contribution in [0.2, 0.25) is 0 Å². The van der Waals surface area contributed by atoms with E-state index < -0.39 is 0 Å². The van der Waals surface area contributed by atoms with Crippen molar-refractivity contribution in [2.24, 2.45) is 10.4 Å². The number of amidine groups is 1. The Labute approximate surface area is 89.4 Å². The minimum absolute atomic E-state index is 0.100. The van der Waals surface area contributed by atoms with Gasteiger partial charge in [-0.15, -0.1) is 0 Å². The molecule has 1 heterocycles. The van der Waals surface area contributed by atoms with E-state index in [-0.39, 0.29) is 11.6 Å². The largest absolute Gasteiger partial charge is 0.414 e. The first-order chi connectivity index (χ1) is 6.38. The van der Waals surface area contributed by atoms with E-state index in [1.54, 1.807) is 0 Å². The minimum Gasteiger partial charge on any atom is -0.414 e. The highest BCUT2D eigenvalue weighted by molar-refractivity contribution is 5.97. The maximum atomic E-state index is 5.28. The predicted molar refractivity (Wildman–Crippen MR) is 61.8 cm³/mol. The molecule has 0 saturated heterocycles. The van der Waals surface area contributed by atoms with Crippen molar-refractivity contribution in [1.82, 2.24) is 10.0 Å². The van der Waals surface area contributed by atoms with Gasteiger partial charge in [0.25, 0.3) is 0 Å². The van der Waals surface area contributed by atoms with Crippen molar-refractivity contribution >= 4 is 16.3 Å². The van der Waals surface area contributed by atoms with Crippen LogP contribution in [-0.4, -0.2) is 46.3 Å². The highest BCUT2D eigenvalue weighted by Gasteiger charge is 2.34. The molecule has 1 unspecified atom stereocenters. The number of nitrogens with zero attached hydrogens (tertiary/aromatic N) is 3. The molecule has 0 amide bonds. The Kier molecular flexibility index (Phi) is 3.34. The van der Waals surface area contributed by atoms with Crippen molar-refractivity contribution < 1.29 is 4.43 Å². The fourth-order valence-corrected chi connectivity index (χ4v) is 1.97. The Morgan fingerprint density at radius 1 is 1.50 bits per heavy atom. The third-order valence-corrected chi connectivity index (χ3v) is 2.62. The third-order valence-electron chi connectivity index (χ3n) is 2.36. The molecule has 0 spiro atoms. The predicted octanol–water partition coefficient (Wildman–Crippen LogP) is 0.194. The smallest absolute Gasteiger partial charge is 0.147 e. The van der Waals surface area contributed by atoms with Crippen LogP contribution in [0, 0.1) is 5.41 Å². The molecule has 82 valence electrons. The molecule has 0 fully saturated rings. The van der Waals surface area contributed by atoms with Gasteiger partial charge in [0, 0.05) is 12.5 Å². The quantitative estimate of drug-likeness (QED) is 0.616. The van der Waals surface area contributed by atoms with E-state index in [9.17, 15) is 0 Å². The first-order valence-electron chi connectivity index (χ1n) is 4.95. The van der Waals surface area contributed by atoms with Crippen LogP contribution in [-0.2, 0) is 4.43 Å². The van der Waals surface area contributed by atoms with Gasteiger partial charge in [-0.25, -0.2) is 0 Å². The standard InChI is InChI=1S/C9H21N3OSi/c1-7-10-8(9(2,3)4)11(5)12(7)6-13-14/h7H,6H2,1-5,14H3. The number of hydrogen-bond donors (Lipinski definition) is 0. The first kappa shape index (κ1) is 11.7. The first-order valence-corrected chi connectivity index (χ1v) is 5.77. The molecule has 1 rings (SSSR count). The molecule has 0 N–H and O–H groups in total. The second-order valence-corrected chi connectivity index (χ2v) is 5.29. The minimum atomic E-state index is 0.100. The zero-order chi connectivity index (χ0) is 10.9. The van der Waals surface area contributed by atoms with E-state index >= 15 is 0 Å². The van der Waals surface area contributed by atoms with E-state index in [0.717, 1.165) is 16.3 Å². The van der Waals surface area contributed by atoms with Crippen molar-refractivity contribution in [3.8, 4) is 0 Å². The van der Waals surface area contributed by atoms with Crippen molar-refractivity contribution in [3.05, 3.63) is 0 Å². The Morgan fingerprint density at radius 3 is 2.43 bits per heavy atom. The van der Waals surface area contributed by atoms with Gasteiger partial charge in [0.05, 0.1) is 0 Å². The second kappa shape index (κ2) is 4.00. The van der Waals surface area contributed by atoms with Gasteiger partial charge in [-0.05, 0) is 6.92 Å². The maximum Gasteiger partial charge on any atom is 0.147 e. The molecule has 0 aliphatic carbocycles. The summed E-state index contributed by atoms with van der Waals surface area (Å²) in [6.07, 6.45) is 0.197. The van der Waals surface area contributed by atoms with Gasteiger partial charge in [-0.2, -0.15) is 5.01 Å². The van der Waals surface area contributed by atoms with Gasteiger partial charge < -0.3 is 4.43 Å². The molecule has 0 saturated carbocycles. The second-order valence-electron chi connectivity index (χ2n) is 4.72. The topological polar surface area (TPSA) is 28.1 Å².